The Bertz CT molecular complexity index is 1160. The Balaban J connectivity index is 1.57. The van der Waals surface area contributed by atoms with Crippen molar-refractivity contribution in [3.63, 3.8) is 0 Å². The van der Waals surface area contributed by atoms with Crippen molar-refractivity contribution in [3.05, 3.63) is 89.9 Å². The maximum Gasteiger partial charge on any atom is 0.274 e. The van der Waals surface area contributed by atoms with Crippen LogP contribution in [0.5, 0.6) is 0 Å². The van der Waals surface area contributed by atoms with Crippen LogP contribution in [0, 0.1) is 13.8 Å². The van der Waals surface area contributed by atoms with Crippen molar-refractivity contribution in [1.29, 1.82) is 0 Å². The van der Waals surface area contributed by atoms with Crippen LogP contribution in [0.15, 0.2) is 73.1 Å². The molecule has 138 valence electrons. The highest BCUT2D eigenvalue weighted by Gasteiger charge is 2.11. The predicted octanol–water partition coefficient (Wildman–Crippen LogP) is 5.24. The van der Waals surface area contributed by atoms with Crippen molar-refractivity contribution in [1.82, 2.24) is 9.97 Å². The summed E-state index contributed by atoms with van der Waals surface area (Å²) in [5.41, 5.74) is 5.92. The fourth-order valence-electron chi connectivity index (χ4n) is 3.13. The van der Waals surface area contributed by atoms with E-state index in [0.29, 0.717) is 11.4 Å². The van der Waals surface area contributed by atoms with Crippen molar-refractivity contribution in [2.45, 2.75) is 13.8 Å². The van der Waals surface area contributed by atoms with Crippen LogP contribution < -0.4 is 10.6 Å². The van der Waals surface area contributed by atoms with Crippen LogP contribution in [0.3, 0.4) is 0 Å². The second kappa shape index (κ2) is 7.48. The molecule has 0 saturated carbocycles. The van der Waals surface area contributed by atoms with Gasteiger partial charge in [0.05, 0.1) is 11.2 Å². The van der Waals surface area contributed by atoms with Gasteiger partial charge in [-0.2, -0.15) is 0 Å². The zero-order chi connectivity index (χ0) is 19.5. The first-order chi connectivity index (χ1) is 13.6. The van der Waals surface area contributed by atoms with E-state index in [-0.39, 0.29) is 5.91 Å². The number of nitrogens with one attached hydrogen (secondary N) is 2. The number of pyridine rings is 2. The number of fused-ring (bicyclic) bond motifs is 1. The minimum atomic E-state index is -0.276. The predicted molar refractivity (Wildman–Crippen MR) is 113 cm³/mol. The van der Waals surface area contributed by atoms with Gasteiger partial charge in [0, 0.05) is 29.2 Å². The van der Waals surface area contributed by atoms with E-state index in [1.807, 2.05) is 42.5 Å². The Morgan fingerprint density at radius 3 is 2.57 bits per heavy atom. The van der Waals surface area contributed by atoms with Crippen LogP contribution in [0.2, 0.25) is 0 Å². The first-order valence-electron chi connectivity index (χ1n) is 9.05. The summed E-state index contributed by atoms with van der Waals surface area (Å²) in [6.07, 6.45) is 3.34. The molecule has 2 aromatic carbocycles. The van der Waals surface area contributed by atoms with Crippen molar-refractivity contribution in [3.8, 4) is 0 Å². The van der Waals surface area contributed by atoms with Gasteiger partial charge in [-0.25, -0.2) is 0 Å². The molecule has 0 aliphatic heterocycles. The maximum atomic E-state index is 12.7. The molecule has 0 aliphatic carbocycles. The lowest BCUT2D eigenvalue weighted by Gasteiger charge is -2.12. The van der Waals surface area contributed by atoms with Crippen LogP contribution in [0.1, 0.15) is 21.6 Å². The highest BCUT2D eigenvalue weighted by molar-refractivity contribution is 6.07. The monoisotopic (exact) mass is 368 g/mol. The van der Waals surface area contributed by atoms with E-state index in [9.17, 15) is 4.79 Å². The second-order valence-electron chi connectivity index (χ2n) is 6.71. The molecule has 4 rings (SSSR count). The minimum absolute atomic E-state index is 0.276. The highest BCUT2D eigenvalue weighted by Crippen LogP contribution is 2.23. The number of anilines is 3. The number of rotatable bonds is 4. The number of carbonyl (C=O) groups excluding carboxylic acids is 1. The zero-order valence-corrected chi connectivity index (χ0v) is 15.7. The summed E-state index contributed by atoms with van der Waals surface area (Å²) in [5.74, 6) is -0.276. The summed E-state index contributed by atoms with van der Waals surface area (Å²) in [6, 6.07) is 19.3. The van der Waals surface area contributed by atoms with E-state index >= 15 is 0 Å². The first-order valence-corrected chi connectivity index (χ1v) is 9.05. The number of carbonyl (C=O) groups is 1. The number of aromatic nitrogens is 2. The molecular weight excluding hydrogens is 348 g/mol. The smallest absolute Gasteiger partial charge is 0.274 e. The summed E-state index contributed by atoms with van der Waals surface area (Å²) in [7, 11) is 0. The number of hydrogen-bond acceptors (Lipinski definition) is 4. The summed E-state index contributed by atoms with van der Waals surface area (Å²) in [5, 5.41) is 7.25. The molecule has 0 atom stereocenters. The van der Waals surface area contributed by atoms with Crippen molar-refractivity contribution in [2.24, 2.45) is 0 Å². The Morgan fingerprint density at radius 2 is 1.71 bits per heavy atom. The van der Waals surface area contributed by atoms with Crippen LogP contribution >= 0.6 is 0 Å². The number of nitrogens with zero attached hydrogens (tertiary/aromatic N) is 2. The van der Waals surface area contributed by atoms with Crippen LogP contribution in [0.25, 0.3) is 10.9 Å². The fraction of sp³-hybridized carbons (Fsp3) is 0.0870. The number of amides is 1. The Hall–Kier alpha value is -3.73. The van der Waals surface area contributed by atoms with E-state index in [1.54, 1.807) is 18.5 Å². The topological polar surface area (TPSA) is 66.9 Å². The molecule has 2 N–H and O–H groups in total. The van der Waals surface area contributed by atoms with E-state index in [4.69, 9.17) is 0 Å². The van der Waals surface area contributed by atoms with Gasteiger partial charge in [-0.15, -0.1) is 0 Å². The lowest BCUT2D eigenvalue weighted by molar-refractivity contribution is 0.102. The van der Waals surface area contributed by atoms with Gasteiger partial charge in [-0.05, 0) is 49.7 Å². The van der Waals surface area contributed by atoms with Gasteiger partial charge in [0.1, 0.15) is 5.69 Å². The standard InChI is InChI=1S/C23H20N4O/c1-15-8-9-19(16(2)13-15)26-18-10-12-24-21(14-18)23(28)27-20-7-3-5-17-6-4-11-25-22(17)20/h3-14H,1-2H3,(H,24,26)(H,27,28). The zero-order valence-electron chi connectivity index (χ0n) is 15.7. The molecule has 1 amide bonds. The largest absolute Gasteiger partial charge is 0.355 e. The lowest BCUT2D eigenvalue weighted by Crippen LogP contribution is -2.14. The van der Waals surface area contributed by atoms with Gasteiger partial charge in [0.2, 0.25) is 0 Å². The second-order valence-corrected chi connectivity index (χ2v) is 6.71. The minimum Gasteiger partial charge on any atom is -0.355 e. The van der Waals surface area contributed by atoms with Crippen LogP contribution in [-0.2, 0) is 0 Å². The van der Waals surface area contributed by atoms with Gasteiger partial charge in [-0.3, -0.25) is 14.8 Å². The molecule has 0 aliphatic rings. The maximum absolute atomic E-state index is 12.7. The van der Waals surface area contributed by atoms with Crippen molar-refractivity contribution in [2.75, 3.05) is 10.6 Å². The summed E-state index contributed by atoms with van der Waals surface area (Å²) in [6.45, 7) is 4.12. The average Bonchev–Trinajstić information content (AvgIpc) is 2.71. The molecule has 0 spiro atoms. The van der Waals surface area contributed by atoms with Gasteiger partial charge >= 0.3 is 0 Å². The van der Waals surface area contributed by atoms with Crippen LogP contribution in [0.4, 0.5) is 17.1 Å². The molecule has 4 aromatic rings. The summed E-state index contributed by atoms with van der Waals surface area (Å²) in [4.78, 5) is 21.3. The quantitative estimate of drug-likeness (QED) is 0.517. The molecule has 0 unspecified atom stereocenters. The van der Waals surface area contributed by atoms with E-state index in [0.717, 1.165) is 27.8 Å². The first kappa shape index (κ1) is 17.7. The van der Waals surface area contributed by atoms with Crippen LogP contribution in [-0.4, -0.2) is 15.9 Å². The third kappa shape index (κ3) is 3.69. The van der Waals surface area contributed by atoms with Crippen molar-refractivity contribution >= 4 is 33.9 Å². The number of hydrogen-bond donors (Lipinski definition) is 2. The third-order valence-corrected chi connectivity index (χ3v) is 4.53. The van der Waals surface area contributed by atoms with Gasteiger partial charge in [-0.1, -0.05) is 35.9 Å². The molecule has 28 heavy (non-hydrogen) atoms. The Kier molecular flexibility index (Phi) is 4.72. The molecule has 0 bridgehead atoms. The average molecular weight is 368 g/mol. The normalized spacial score (nSPS) is 10.6. The Labute approximate surface area is 163 Å². The van der Waals surface area contributed by atoms with E-state index < -0.39 is 0 Å². The molecule has 5 nitrogen and oxygen atoms in total. The molecule has 0 fully saturated rings. The highest BCUT2D eigenvalue weighted by atomic mass is 16.1. The molecular formula is C23H20N4O. The Morgan fingerprint density at radius 1 is 0.857 bits per heavy atom. The molecule has 0 radical (unpaired) electrons. The van der Waals surface area contributed by atoms with E-state index in [2.05, 4.69) is 46.6 Å². The third-order valence-electron chi connectivity index (χ3n) is 4.53. The SMILES string of the molecule is Cc1ccc(Nc2ccnc(C(=O)Nc3cccc4cccnc34)c2)c(C)c1. The molecule has 0 saturated heterocycles. The van der Waals surface area contributed by atoms with Gasteiger partial charge in [0.15, 0.2) is 0 Å². The van der Waals surface area contributed by atoms with Gasteiger partial charge in [0.25, 0.3) is 5.91 Å². The summed E-state index contributed by atoms with van der Waals surface area (Å²) < 4.78 is 0. The number of benzene rings is 2. The molecule has 2 heterocycles. The van der Waals surface area contributed by atoms with Crippen molar-refractivity contribution < 1.29 is 4.79 Å². The van der Waals surface area contributed by atoms with E-state index in [1.165, 1.54) is 5.56 Å². The lowest BCUT2D eigenvalue weighted by atomic mass is 10.1. The summed E-state index contributed by atoms with van der Waals surface area (Å²) >= 11 is 0. The fourth-order valence-corrected chi connectivity index (χ4v) is 3.13. The number of para-hydroxylation sites is 1. The molecule has 5 heteroatoms. The van der Waals surface area contributed by atoms with Gasteiger partial charge < -0.3 is 10.6 Å². The number of aryl methyl sites for hydroxylation is 2. The molecule has 2 aromatic heterocycles.